The largest absolute Gasteiger partial charge is 0.473 e. The quantitative estimate of drug-likeness (QED) is 0.501. The molecule has 0 saturated heterocycles. The first kappa shape index (κ1) is 14.6. The summed E-state index contributed by atoms with van der Waals surface area (Å²) >= 11 is 1.61. The minimum atomic E-state index is 0.515. The van der Waals surface area contributed by atoms with Crippen molar-refractivity contribution in [2.75, 3.05) is 0 Å². The van der Waals surface area contributed by atoms with Crippen LogP contribution in [0.1, 0.15) is 11.1 Å². The zero-order valence-corrected chi connectivity index (χ0v) is 12.9. The summed E-state index contributed by atoms with van der Waals surface area (Å²) in [6, 6.07) is 22.1. The first-order valence-corrected chi connectivity index (χ1v) is 8.05. The van der Waals surface area contributed by atoms with Crippen LogP contribution in [0.15, 0.2) is 78.1 Å². The average Bonchev–Trinajstić information content (AvgIpc) is 2.60. The molecule has 0 radical (unpaired) electrons. The van der Waals surface area contributed by atoms with Crippen molar-refractivity contribution in [1.29, 1.82) is 0 Å². The number of hydrogen-bond acceptors (Lipinski definition) is 4. The Bertz CT molecular complexity index is 646. The molecule has 3 nitrogen and oxygen atoms in total. The van der Waals surface area contributed by atoms with Gasteiger partial charge in [0.2, 0.25) is 5.88 Å². The van der Waals surface area contributed by atoms with Gasteiger partial charge in [0, 0.05) is 18.0 Å². The number of ether oxygens (including phenoxy) is 1. The molecule has 22 heavy (non-hydrogen) atoms. The monoisotopic (exact) mass is 308 g/mol. The Morgan fingerprint density at radius 2 is 1.50 bits per heavy atom. The van der Waals surface area contributed by atoms with Gasteiger partial charge in [-0.25, -0.2) is 4.98 Å². The van der Waals surface area contributed by atoms with E-state index in [-0.39, 0.29) is 0 Å². The molecule has 0 aliphatic rings. The second-order valence-electron chi connectivity index (χ2n) is 4.73. The summed E-state index contributed by atoms with van der Waals surface area (Å²) in [5.74, 6) is 1.46. The van der Waals surface area contributed by atoms with Crippen molar-refractivity contribution in [3.63, 3.8) is 0 Å². The number of rotatable bonds is 6. The van der Waals surface area contributed by atoms with E-state index in [0.717, 1.165) is 16.5 Å². The van der Waals surface area contributed by atoms with E-state index < -0.39 is 0 Å². The van der Waals surface area contributed by atoms with E-state index in [4.69, 9.17) is 4.74 Å². The molecule has 110 valence electrons. The normalized spacial score (nSPS) is 10.4. The SMILES string of the molecule is c1ccc(COc2ccnc(SCc3ccccc3)n2)cc1. The molecule has 0 amide bonds. The molecule has 0 unspecified atom stereocenters. The lowest BCUT2D eigenvalue weighted by Crippen LogP contribution is -1.98. The van der Waals surface area contributed by atoms with Crippen molar-refractivity contribution in [3.05, 3.63) is 84.1 Å². The van der Waals surface area contributed by atoms with Gasteiger partial charge < -0.3 is 4.74 Å². The molecule has 2 aromatic carbocycles. The average molecular weight is 308 g/mol. The molecule has 0 bridgehead atoms. The highest BCUT2D eigenvalue weighted by Gasteiger charge is 2.02. The Labute approximate surface area is 134 Å². The Kier molecular flexibility index (Phi) is 5.05. The summed E-state index contributed by atoms with van der Waals surface area (Å²) in [5.41, 5.74) is 2.38. The van der Waals surface area contributed by atoms with Crippen molar-refractivity contribution in [2.45, 2.75) is 17.5 Å². The highest BCUT2D eigenvalue weighted by atomic mass is 32.2. The Balaban J connectivity index is 1.58. The minimum Gasteiger partial charge on any atom is -0.473 e. The first-order chi connectivity index (χ1) is 10.9. The van der Waals surface area contributed by atoms with Crippen LogP contribution in [0.3, 0.4) is 0 Å². The van der Waals surface area contributed by atoms with Crippen molar-refractivity contribution in [1.82, 2.24) is 9.97 Å². The van der Waals surface area contributed by atoms with Gasteiger partial charge in [-0.15, -0.1) is 0 Å². The lowest BCUT2D eigenvalue weighted by Gasteiger charge is -2.06. The smallest absolute Gasteiger partial charge is 0.217 e. The number of hydrogen-bond donors (Lipinski definition) is 0. The first-order valence-electron chi connectivity index (χ1n) is 7.07. The van der Waals surface area contributed by atoms with Crippen LogP contribution >= 0.6 is 11.8 Å². The molecule has 3 aromatic rings. The van der Waals surface area contributed by atoms with Crippen LogP contribution in [0.5, 0.6) is 5.88 Å². The second kappa shape index (κ2) is 7.61. The fourth-order valence-electron chi connectivity index (χ4n) is 1.93. The molecule has 0 aliphatic heterocycles. The summed E-state index contributed by atoms with van der Waals surface area (Å²) in [4.78, 5) is 8.71. The fraction of sp³-hybridized carbons (Fsp3) is 0.111. The lowest BCUT2D eigenvalue weighted by molar-refractivity contribution is 0.290. The van der Waals surface area contributed by atoms with Crippen molar-refractivity contribution < 1.29 is 4.74 Å². The molecule has 0 N–H and O–H groups in total. The Morgan fingerprint density at radius 3 is 2.23 bits per heavy atom. The summed E-state index contributed by atoms with van der Waals surface area (Å²) in [6.45, 7) is 0.515. The van der Waals surface area contributed by atoms with E-state index in [2.05, 4.69) is 22.1 Å². The third kappa shape index (κ3) is 4.33. The summed E-state index contributed by atoms with van der Waals surface area (Å²) < 4.78 is 5.72. The lowest BCUT2D eigenvalue weighted by atomic mass is 10.2. The minimum absolute atomic E-state index is 0.515. The van der Waals surface area contributed by atoms with Gasteiger partial charge in [0.15, 0.2) is 5.16 Å². The van der Waals surface area contributed by atoms with E-state index in [9.17, 15) is 0 Å². The van der Waals surface area contributed by atoms with Gasteiger partial charge in [-0.1, -0.05) is 72.4 Å². The number of benzene rings is 2. The van der Waals surface area contributed by atoms with Gasteiger partial charge in [-0.05, 0) is 11.1 Å². The summed E-state index contributed by atoms with van der Waals surface area (Å²) in [7, 11) is 0. The topological polar surface area (TPSA) is 35.0 Å². The van der Waals surface area contributed by atoms with Crippen LogP contribution in [-0.2, 0) is 12.4 Å². The molecule has 4 heteroatoms. The summed E-state index contributed by atoms with van der Waals surface area (Å²) in [5, 5.41) is 0.731. The molecule has 0 spiro atoms. The highest BCUT2D eigenvalue weighted by Crippen LogP contribution is 2.20. The van der Waals surface area contributed by atoms with Crippen molar-refractivity contribution >= 4 is 11.8 Å². The molecule has 0 aliphatic carbocycles. The molecular formula is C18H16N2OS. The van der Waals surface area contributed by atoms with Crippen LogP contribution in [0.2, 0.25) is 0 Å². The molecule has 0 fully saturated rings. The van der Waals surface area contributed by atoms with Crippen LogP contribution < -0.4 is 4.74 Å². The number of thioether (sulfide) groups is 1. The highest BCUT2D eigenvalue weighted by molar-refractivity contribution is 7.98. The van der Waals surface area contributed by atoms with E-state index in [0.29, 0.717) is 12.5 Å². The van der Waals surface area contributed by atoms with Gasteiger partial charge in [-0.2, -0.15) is 4.98 Å². The Morgan fingerprint density at radius 1 is 0.818 bits per heavy atom. The van der Waals surface area contributed by atoms with Gasteiger partial charge in [0.25, 0.3) is 0 Å². The third-order valence-corrected chi connectivity index (χ3v) is 3.98. The predicted molar refractivity (Wildman–Crippen MR) is 88.8 cm³/mol. The van der Waals surface area contributed by atoms with Crippen LogP contribution in [0, 0.1) is 0 Å². The van der Waals surface area contributed by atoms with Crippen molar-refractivity contribution in [3.8, 4) is 5.88 Å². The van der Waals surface area contributed by atoms with Crippen LogP contribution in [0.25, 0.3) is 0 Å². The van der Waals surface area contributed by atoms with Gasteiger partial charge >= 0.3 is 0 Å². The van der Waals surface area contributed by atoms with E-state index >= 15 is 0 Å². The van der Waals surface area contributed by atoms with Gasteiger partial charge in [0.05, 0.1) is 0 Å². The number of nitrogens with zero attached hydrogens (tertiary/aromatic N) is 2. The van der Waals surface area contributed by atoms with Gasteiger partial charge in [-0.3, -0.25) is 0 Å². The fourth-order valence-corrected chi connectivity index (χ4v) is 2.71. The zero-order valence-electron chi connectivity index (χ0n) is 12.1. The maximum absolute atomic E-state index is 5.72. The molecule has 1 aromatic heterocycles. The van der Waals surface area contributed by atoms with E-state index in [1.54, 1.807) is 24.0 Å². The summed E-state index contributed by atoms with van der Waals surface area (Å²) in [6.07, 6.45) is 1.74. The molecule has 1 heterocycles. The van der Waals surface area contributed by atoms with Crippen molar-refractivity contribution in [2.24, 2.45) is 0 Å². The molecule has 3 rings (SSSR count). The van der Waals surface area contributed by atoms with Crippen LogP contribution in [-0.4, -0.2) is 9.97 Å². The number of aromatic nitrogens is 2. The van der Waals surface area contributed by atoms with E-state index in [1.165, 1.54) is 5.56 Å². The van der Waals surface area contributed by atoms with E-state index in [1.807, 2.05) is 48.5 Å². The third-order valence-electron chi connectivity index (χ3n) is 3.05. The zero-order chi connectivity index (χ0) is 15.0. The maximum atomic E-state index is 5.72. The predicted octanol–water partition coefficient (Wildman–Crippen LogP) is 4.35. The Hall–Kier alpha value is -2.33. The standard InChI is InChI=1S/C18H16N2OS/c1-3-7-15(8-4-1)13-21-17-11-12-19-18(20-17)22-14-16-9-5-2-6-10-16/h1-12H,13-14H2. The molecule has 0 atom stereocenters. The maximum Gasteiger partial charge on any atom is 0.217 e. The van der Waals surface area contributed by atoms with Gasteiger partial charge in [0.1, 0.15) is 6.61 Å². The second-order valence-corrected chi connectivity index (χ2v) is 5.67. The van der Waals surface area contributed by atoms with Crippen LogP contribution in [0.4, 0.5) is 0 Å². The molecule has 0 saturated carbocycles. The molecular weight excluding hydrogens is 292 g/mol.